The number of phenolic OH excluding ortho intramolecular Hbond substituents is 1. The number of likely N-dealkylation sites (N-methyl/N-ethyl adjacent to an activating group) is 1. The second-order valence-corrected chi connectivity index (χ2v) is 7.42. The number of phenols is 1. The SMILES string of the molecule is Cc1ccc(O)c(N(C)C(=O)[C@@H]2CCCN2c2cc(C(F)(F)F)cc(CCO)n2)c1. The Morgan fingerprint density at radius 2 is 2.03 bits per heavy atom. The summed E-state index contributed by atoms with van der Waals surface area (Å²) in [6.07, 6.45) is -3.49. The van der Waals surface area contributed by atoms with Gasteiger partial charge in [0.1, 0.15) is 17.6 Å². The molecule has 0 spiro atoms. The minimum Gasteiger partial charge on any atom is -0.506 e. The van der Waals surface area contributed by atoms with Gasteiger partial charge in [-0.2, -0.15) is 13.2 Å². The van der Waals surface area contributed by atoms with Crippen molar-refractivity contribution in [2.75, 3.05) is 30.0 Å². The van der Waals surface area contributed by atoms with E-state index in [9.17, 15) is 23.1 Å². The number of benzene rings is 1. The molecule has 1 amide bonds. The number of aromatic nitrogens is 1. The Hall–Kier alpha value is -2.81. The molecular formula is C21H24F3N3O3. The summed E-state index contributed by atoms with van der Waals surface area (Å²) >= 11 is 0. The number of anilines is 2. The lowest BCUT2D eigenvalue weighted by Crippen LogP contribution is -2.45. The minimum atomic E-state index is -4.56. The molecule has 0 saturated carbocycles. The van der Waals surface area contributed by atoms with Crippen LogP contribution in [-0.4, -0.2) is 47.3 Å². The van der Waals surface area contributed by atoms with Gasteiger partial charge in [0, 0.05) is 32.3 Å². The van der Waals surface area contributed by atoms with Crippen molar-refractivity contribution < 1.29 is 28.2 Å². The van der Waals surface area contributed by atoms with Gasteiger partial charge in [-0.05, 0) is 49.6 Å². The highest BCUT2D eigenvalue weighted by Gasteiger charge is 2.37. The number of hydrogen-bond donors (Lipinski definition) is 2. The predicted molar refractivity (Wildman–Crippen MR) is 107 cm³/mol. The lowest BCUT2D eigenvalue weighted by molar-refractivity contribution is -0.137. The molecule has 0 aliphatic carbocycles. The van der Waals surface area contributed by atoms with Crippen molar-refractivity contribution in [2.45, 2.75) is 38.4 Å². The smallest absolute Gasteiger partial charge is 0.416 e. The number of amides is 1. The van der Waals surface area contributed by atoms with E-state index in [1.54, 1.807) is 17.0 Å². The Morgan fingerprint density at radius 1 is 1.30 bits per heavy atom. The molecule has 9 heteroatoms. The molecule has 30 heavy (non-hydrogen) atoms. The first-order valence-corrected chi connectivity index (χ1v) is 9.64. The average molecular weight is 423 g/mol. The van der Waals surface area contributed by atoms with Gasteiger partial charge in [-0.1, -0.05) is 6.07 Å². The molecule has 3 rings (SSSR count). The Morgan fingerprint density at radius 3 is 2.70 bits per heavy atom. The van der Waals surface area contributed by atoms with Crippen LogP contribution in [0.1, 0.15) is 29.7 Å². The van der Waals surface area contributed by atoms with Gasteiger partial charge in [0.05, 0.1) is 11.3 Å². The van der Waals surface area contributed by atoms with Gasteiger partial charge in [-0.15, -0.1) is 0 Å². The van der Waals surface area contributed by atoms with Crippen LogP contribution in [0.5, 0.6) is 5.75 Å². The van der Waals surface area contributed by atoms with Gasteiger partial charge in [0.2, 0.25) is 5.91 Å². The van der Waals surface area contributed by atoms with Crippen LogP contribution in [0.15, 0.2) is 30.3 Å². The van der Waals surface area contributed by atoms with Crippen LogP contribution in [-0.2, 0) is 17.4 Å². The topological polar surface area (TPSA) is 76.9 Å². The van der Waals surface area contributed by atoms with E-state index in [4.69, 9.17) is 5.11 Å². The van der Waals surface area contributed by atoms with E-state index in [1.165, 1.54) is 18.0 Å². The zero-order valence-electron chi connectivity index (χ0n) is 16.8. The number of pyridine rings is 1. The molecule has 1 aliphatic rings. The highest BCUT2D eigenvalue weighted by atomic mass is 19.4. The third-order valence-electron chi connectivity index (χ3n) is 5.22. The van der Waals surface area contributed by atoms with Crippen LogP contribution in [0.2, 0.25) is 0 Å². The summed E-state index contributed by atoms with van der Waals surface area (Å²) in [4.78, 5) is 20.3. The van der Waals surface area contributed by atoms with Gasteiger partial charge in [0.25, 0.3) is 0 Å². The summed E-state index contributed by atoms with van der Waals surface area (Å²) in [5.41, 5.74) is 0.451. The number of hydrogen-bond acceptors (Lipinski definition) is 5. The molecule has 6 nitrogen and oxygen atoms in total. The molecule has 1 aromatic heterocycles. The number of nitrogens with zero attached hydrogens (tertiary/aromatic N) is 3. The van der Waals surface area contributed by atoms with E-state index in [0.29, 0.717) is 25.1 Å². The van der Waals surface area contributed by atoms with E-state index in [-0.39, 0.29) is 36.2 Å². The van der Waals surface area contributed by atoms with Crippen molar-refractivity contribution in [1.29, 1.82) is 0 Å². The summed E-state index contributed by atoms with van der Waals surface area (Å²) in [5.74, 6) is -0.328. The largest absolute Gasteiger partial charge is 0.506 e. The molecule has 0 unspecified atom stereocenters. The molecule has 0 radical (unpaired) electrons. The molecular weight excluding hydrogens is 399 g/mol. The normalized spacial score (nSPS) is 16.7. The van der Waals surface area contributed by atoms with E-state index in [2.05, 4.69) is 4.98 Å². The number of alkyl halides is 3. The van der Waals surface area contributed by atoms with E-state index in [0.717, 1.165) is 17.7 Å². The number of rotatable bonds is 5. The standard InChI is InChI=1S/C21H24F3N3O3/c1-13-5-6-18(29)17(10-13)26(2)20(30)16-4-3-8-27(16)19-12-14(21(22,23)24)11-15(25-19)7-9-28/h5-6,10-12,16,28-29H,3-4,7-9H2,1-2H3/t16-/m0/s1. The van der Waals surface area contributed by atoms with Gasteiger partial charge < -0.3 is 20.0 Å². The first-order chi connectivity index (χ1) is 14.1. The van der Waals surface area contributed by atoms with Crippen molar-refractivity contribution in [3.63, 3.8) is 0 Å². The number of aryl methyl sites for hydroxylation is 1. The Kier molecular flexibility index (Phi) is 6.21. The second kappa shape index (κ2) is 8.51. The van der Waals surface area contributed by atoms with E-state index < -0.39 is 17.8 Å². The number of aliphatic hydroxyl groups is 1. The Bertz CT molecular complexity index is 933. The molecule has 1 atom stereocenters. The molecule has 1 aliphatic heterocycles. The first kappa shape index (κ1) is 21.9. The Balaban J connectivity index is 1.94. The van der Waals surface area contributed by atoms with E-state index in [1.807, 2.05) is 6.92 Å². The first-order valence-electron chi connectivity index (χ1n) is 9.64. The lowest BCUT2D eigenvalue weighted by Gasteiger charge is -2.30. The molecule has 2 heterocycles. The highest BCUT2D eigenvalue weighted by molar-refractivity contribution is 6.00. The minimum absolute atomic E-state index is 0.0135. The third-order valence-corrected chi connectivity index (χ3v) is 5.22. The van der Waals surface area contributed by atoms with Crippen LogP contribution in [0, 0.1) is 6.92 Å². The summed E-state index contributed by atoms with van der Waals surface area (Å²) in [7, 11) is 1.53. The number of aliphatic hydroxyl groups excluding tert-OH is 1. The summed E-state index contributed by atoms with van der Waals surface area (Å²) < 4.78 is 40.1. The zero-order chi connectivity index (χ0) is 22.1. The number of carbonyl (C=O) groups is 1. The number of carbonyl (C=O) groups excluding carboxylic acids is 1. The molecule has 2 aromatic rings. The van der Waals surface area contributed by atoms with Gasteiger partial charge in [0.15, 0.2) is 0 Å². The fourth-order valence-corrected chi connectivity index (χ4v) is 3.67. The predicted octanol–water partition coefficient (Wildman–Crippen LogP) is 3.28. The van der Waals surface area contributed by atoms with Crippen LogP contribution < -0.4 is 9.80 Å². The van der Waals surface area contributed by atoms with E-state index >= 15 is 0 Å². The van der Waals surface area contributed by atoms with Crippen molar-refractivity contribution in [3.05, 3.63) is 47.2 Å². The number of aromatic hydroxyl groups is 1. The summed E-state index contributed by atoms with van der Waals surface area (Å²) in [6, 6.07) is 6.05. The van der Waals surface area contributed by atoms with Crippen molar-refractivity contribution >= 4 is 17.4 Å². The third kappa shape index (κ3) is 4.51. The molecule has 1 fully saturated rings. The lowest BCUT2D eigenvalue weighted by atomic mass is 10.1. The molecule has 1 aromatic carbocycles. The Labute approximate surface area is 172 Å². The second-order valence-electron chi connectivity index (χ2n) is 7.42. The van der Waals surface area contributed by atoms with Gasteiger partial charge in [-0.25, -0.2) is 4.98 Å². The molecule has 1 saturated heterocycles. The van der Waals surface area contributed by atoms with Gasteiger partial charge >= 0.3 is 6.18 Å². The fraction of sp³-hybridized carbons (Fsp3) is 0.429. The molecule has 162 valence electrons. The summed E-state index contributed by atoms with van der Waals surface area (Å²) in [5, 5.41) is 19.3. The number of halogens is 3. The van der Waals surface area contributed by atoms with Crippen LogP contribution in [0.4, 0.5) is 24.7 Å². The quantitative estimate of drug-likeness (QED) is 0.772. The molecule has 0 bridgehead atoms. The highest BCUT2D eigenvalue weighted by Crippen LogP contribution is 2.35. The average Bonchev–Trinajstić information content (AvgIpc) is 3.18. The zero-order valence-corrected chi connectivity index (χ0v) is 16.8. The van der Waals surface area contributed by atoms with Crippen molar-refractivity contribution in [2.24, 2.45) is 0 Å². The maximum atomic E-state index is 13.4. The fourth-order valence-electron chi connectivity index (χ4n) is 3.67. The van der Waals surface area contributed by atoms with Crippen LogP contribution in [0.25, 0.3) is 0 Å². The summed E-state index contributed by atoms with van der Waals surface area (Å²) in [6.45, 7) is 1.89. The van der Waals surface area contributed by atoms with Crippen molar-refractivity contribution in [1.82, 2.24) is 4.98 Å². The maximum absolute atomic E-state index is 13.4. The molecule has 2 N–H and O–H groups in total. The van der Waals surface area contributed by atoms with Crippen LogP contribution >= 0.6 is 0 Å². The van der Waals surface area contributed by atoms with Crippen molar-refractivity contribution in [3.8, 4) is 5.75 Å². The monoisotopic (exact) mass is 423 g/mol. The van der Waals surface area contributed by atoms with Gasteiger partial charge in [-0.3, -0.25) is 4.79 Å². The van der Waals surface area contributed by atoms with Crippen LogP contribution in [0.3, 0.4) is 0 Å². The maximum Gasteiger partial charge on any atom is 0.416 e.